The maximum Gasteiger partial charge on any atom is 0.416 e. The highest BCUT2D eigenvalue weighted by Gasteiger charge is 2.35. The van der Waals surface area contributed by atoms with Crippen LogP contribution < -0.4 is 21.5 Å². The van der Waals surface area contributed by atoms with Crippen molar-refractivity contribution < 1.29 is 31.5 Å². The van der Waals surface area contributed by atoms with E-state index in [1.807, 2.05) is 0 Å². The molecule has 2 aromatic carbocycles. The SMILES string of the molecule is O=C1CC(C(=O)Nc2ccc(F)c(F)c2)c2c(nc(Nc3cccc(C(F)(F)F)c3)[nH]c2=O)N1. The van der Waals surface area contributed by atoms with E-state index in [9.17, 15) is 36.3 Å². The van der Waals surface area contributed by atoms with Crippen LogP contribution in [0.4, 0.5) is 45.1 Å². The number of halogens is 5. The minimum absolute atomic E-state index is 0.0345. The van der Waals surface area contributed by atoms with Crippen LogP contribution in [0.2, 0.25) is 0 Å². The first-order chi connectivity index (χ1) is 16.0. The zero-order valence-corrected chi connectivity index (χ0v) is 16.9. The van der Waals surface area contributed by atoms with Crippen molar-refractivity contribution in [2.75, 3.05) is 16.0 Å². The van der Waals surface area contributed by atoms with Crippen molar-refractivity contribution in [1.82, 2.24) is 9.97 Å². The quantitative estimate of drug-likeness (QED) is 0.424. The molecule has 1 atom stereocenters. The Kier molecular flexibility index (Phi) is 5.77. The third-order valence-electron chi connectivity index (χ3n) is 4.91. The Bertz CT molecular complexity index is 1360. The van der Waals surface area contributed by atoms with E-state index in [1.165, 1.54) is 6.07 Å². The van der Waals surface area contributed by atoms with Gasteiger partial charge in [0.05, 0.1) is 17.0 Å². The molecule has 0 radical (unpaired) electrons. The number of amides is 2. The molecule has 4 rings (SSSR count). The van der Waals surface area contributed by atoms with Crippen LogP contribution in [-0.4, -0.2) is 21.8 Å². The summed E-state index contributed by atoms with van der Waals surface area (Å²) in [4.78, 5) is 43.9. The third kappa shape index (κ3) is 4.72. The van der Waals surface area contributed by atoms with Crippen LogP contribution in [-0.2, 0) is 15.8 Å². The van der Waals surface area contributed by atoms with Gasteiger partial charge in [-0.1, -0.05) is 6.07 Å². The minimum Gasteiger partial charge on any atom is -0.326 e. The van der Waals surface area contributed by atoms with Crippen molar-refractivity contribution in [2.45, 2.75) is 18.5 Å². The number of fused-ring (bicyclic) bond motifs is 1. The van der Waals surface area contributed by atoms with E-state index in [2.05, 4.69) is 25.9 Å². The van der Waals surface area contributed by atoms with Crippen LogP contribution in [0.5, 0.6) is 0 Å². The molecule has 2 amide bonds. The van der Waals surface area contributed by atoms with Gasteiger partial charge in [-0.15, -0.1) is 0 Å². The van der Waals surface area contributed by atoms with E-state index in [0.717, 1.165) is 36.4 Å². The molecule has 176 valence electrons. The number of H-pyrrole nitrogens is 1. The van der Waals surface area contributed by atoms with Crippen molar-refractivity contribution >= 4 is 35.0 Å². The lowest BCUT2D eigenvalue weighted by molar-refractivity contribution is -0.137. The van der Waals surface area contributed by atoms with Gasteiger partial charge in [0.25, 0.3) is 5.56 Å². The summed E-state index contributed by atoms with van der Waals surface area (Å²) in [7, 11) is 0. The monoisotopic (exact) mass is 479 g/mol. The summed E-state index contributed by atoms with van der Waals surface area (Å²) in [6.45, 7) is 0. The Morgan fingerprint density at radius 2 is 1.79 bits per heavy atom. The van der Waals surface area contributed by atoms with Crippen molar-refractivity contribution in [1.29, 1.82) is 0 Å². The van der Waals surface area contributed by atoms with Crippen LogP contribution >= 0.6 is 0 Å². The zero-order chi connectivity index (χ0) is 24.6. The molecule has 0 saturated carbocycles. The number of aromatic amines is 1. The number of nitrogens with zero attached hydrogens (tertiary/aromatic N) is 1. The van der Waals surface area contributed by atoms with Crippen LogP contribution in [0.3, 0.4) is 0 Å². The fraction of sp³-hybridized carbons (Fsp3) is 0.143. The Hall–Kier alpha value is -4.29. The predicted octanol–water partition coefficient (Wildman–Crippen LogP) is 3.88. The van der Waals surface area contributed by atoms with Gasteiger partial charge in [-0.25, -0.2) is 8.78 Å². The molecular formula is C21H14F5N5O3. The molecule has 0 fully saturated rings. The van der Waals surface area contributed by atoms with Gasteiger partial charge in [0, 0.05) is 23.9 Å². The fourth-order valence-corrected chi connectivity index (χ4v) is 3.37. The molecule has 4 N–H and O–H groups in total. The van der Waals surface area contributed by atoms with Gasteiger partial charge in [0.15, 0.2) is 11.6 Å². The molecule has 2 heterocycles. The molecule has 34 heavy (non-hydrogen) atoms. The zero-order valence-electron chi connectivity index (χ0n) is 16.9. The lowest BCUT2D eigenvalue weighted by Crippen LogP contribution is -2.36. The van der Waals surface area contributed by atoms with Gasteiger partial charge < -0.3 is 16.0 Å². The van der Waals surface area contributed by atoms with E-state index >= 15 is 0 Å². The maximum atomic E-state index is 13.4. The summed E-state index contributed by atoms with van der Waals surface area (Å²) in [5.41, 5.74) is -2.09. The van der Waals surface area contributed by atoms with Gasteiger partial charge in [-0.2, -0.15) is 18.2 Å². The first kappa shape index (κ1) is 22.9. The molecular weight excluding hydrogens is 465 g/mol. The van der Waals surface area contributed by atoms with Crippen LogP contribution in [0.15, 0.2) is 47.3 Å². The summed E-state index contributed by atoms with van der Waals surface area (Å²) >= 11 is 0. The average Bonchev–Trinajstić information content (AvgIpc) is 2.75. The van der Waals surface area contributed by atoms with E-state index in [1.54, 1.807) is 0 Å². The highest BCUT2D eigenvalue weighted by atomic mass is 19.4. The van der Waals surface area contributed by atoms with E-state index < -0.39 is 53.1 Å². The number of carbonyl (C=O) groups excluding carboxylic acids is 2. The number of alkyl halides is 3. The number of aromatic nitrogens is 2. The standard InChI is InChI=1S/C21H14F5N5O3/c22-13-5-4-11(7-14(13)23)27-18(33)12-8-15(32)29-17-16(12)19(34)31-20(30-17)28-10-3-1-2-9(6-10)21(24,25)26/h1-7,12H,8H2,(H,27,33)(H3,28,29,30,31,32,34). The summed E-state index contributed by atoms with van der Waals surface area (Å²) < 4.78 is 65.3. The normalized spacial score (nSPS) is 15.3. The molecule has 0 aliphatic carbocycles. The summed E-state index contributed by atoms with van der Waals surface area (Å²) in [6.07, 6.45) is -5.01. The number of rotatable bonds is 4. The van der Waals surface area contributed by atoms with Crippen molar-refractivity contribution in [2.24, 2.45) is 0 Å². The number of carbonyl (C=O) groups is 2. The third-order valence-corrected chi connectivity index (χ3v) is 4.91. The summed E-state index contributed by atoms with van der Waals surface area (Å²) in [5.74, 6) is -5.67. The van der Waals surface area contributed by atoms with Crippen LogP contribution in [0.1, 0.15) is 23.5 Å². The molecule has 1 aliphatic heterocycles. The second-order valence-corrected chi connectivity index (χ2v) is 7.30. The lowest BCUT2D eigenvalue weighted by Gasteiger charge is -2.23. The molecule has 1 unspecified atom stereocenters. The maximum absolute atomic E-state index is 13.4. The highest BCUT2D eigenvalue weighted by Crippen LogP contribution is 2.32. The highest BCUT2D eigenvalue weighted by molar-refractivity contribution is 6.04. The summed E-state index contributed by atoms with van der Waals surface area (Å²) in [6, 6.07) is 6.77. The fourth-order valence-electron chi connectivity index (χ4n) is 3.37. The van der Waals surface area contributed by atoms with Crippen molar-refractivity contribution in [3.8, 4) is 0 Å². The van der Waals surface area contributed by atoms with Gasteiger partial charge in [-0.05, 0) is 30.3 Å². The average molecular weight is 479 g/mol. The smallest absolute Gasteiger partial charge is 0.326 e. The largest absolute Gasteiger partial charge is 0.416 e. The molecule has 8 nitrogen and oxygen atoms in total. The van der Waals surface area contributed by atoms with E-state index in [-0.39, 0.29) is 28.7 Å². The number of anilines is 4. The first-order valence-electron chi connectivity index (χ1n) is 9.65. The lowest BCUT2D eigenvalue weighted by atomic mass is 9.92. The first-order valence-corrected chi connectivity index (χ1v) is 9.65. The molecule has 1 aliphatic rings. The predicted molar refractivity (Wildman–Crippen MR) is 111 cm³/mol. The topological polar surface area (TPSA) is 116 Å². The molecule has 1 aromatic heterocycles. The van der Waals surface area contributed by atoms with Gasteiger partial charge in [0.1, 0.15) is 5.82 Å². The number of hydrogen-bond donors (Lipinski definition) is 4. The van der Waals surface area contributed by atoms with Crippen molar-refractivity contribution in [3.05, 3.63) is 75.6 Å². The number of nitrogens with one attached hydrogen (secondary N) is 4. The Morgan fingerprint density at radius 3 is 2.50 bits per heavy atom. The van der Waals surface area contributed by atoms with E-state index in [0.29, 0.717) is 0 Å². The molecule has 3 aromatic rings. The van der Waals surface area contributed by atoms with Crippen LogP contribution in [0, 0.1) is 11.6 Å². The van der Waals surface area contributed by atoms with Crippen LogP contribution in [0.25, 0.3) is 0 Å². The molecule has 0 bridgehead atoms. The Balaban J connectivity index is 1.62. The Labute approximate surface area is 187 Å². The second kappa shape index (κ2) is 8.57. The molecule has 13 heteroatoms. The minimum atomic E-state index is -4.59. The molecule has 0 saturated heterocycles. The van der Waals surface area contributed by atoms with E-state index in [4.69, 9.17) is 0 Å². The molecule has 0 spiro atoms. The van der Waals surface area contributed by atoms with Crippen molar-refractivity contribution in [3.63, 3.8) is 0 Å². The van der Waals surface area contributed by atoms with Gasteiger partial charge in [-0.3, -0.25) is 19.4 Å². The summed E-state index contributed by atoms with van der Waals surface area (Å²) in [5, 5.41) is 7.18. The second-order valence-electron chi connectivity index (χ2n) is 7.30. The number of benzene rings is 2. The van der Waals surface area contributed by atoms with Gasteiger partial charge >= 0.3 is 6.18 Å². The van der Waals surface area contributed by atoms with Gasteiger partial charge in [0.2, 0.25) is 17.8 Å². The number of hydrogen-bond acceptors (Lipinski definition) is 5. The Morgan fingerprint density at radius 1 is 1.03 bits per heavy atom.